The van der Waals surface area contributed by atoms with Crippen LogP contribution in [0.15, 0.2) is 61.2 Å². The van der Waals surface area contributed by atoms with Gasteiger partial charge in [0.1, 0.15) is 13.2 Å². The first kappa shape index (κ1) is 25.9. The van der Waals surface area contributed by atoms with E-state index in [0.717, 1.165) is 18.2 Å². The van der Waals surface area contributed by atoms with Gasteiger partial charge in [-0.3, -0.25) is 0 Å². The number of hydrogen-bond donors (Lipinski definition) is 1. The second kappa shape index (κ2) is 13.2. The average Bonchev–Trinajstić information content (AvgIpc) is 2.80. The number of benzene rings is 2. The molecule has 0 fully saturated rings. The molecule has 1 N–H and O–H groups in total. The maximum absolute atomic E-state index is 12.9. The molecular weight excluding hydrogens is 443 g/mol. The number of esters is 2. The molecule has 0 atom stereocenters. The molecular formula is C23H24F3NO6. The van der Waals surface area contributed by atoms with Crippen molar-refractivity contribution in [3.63, 3.8) is 0 Å². The molecule has 0 saturated heterocycles. The lowest BCUT2D eigenvalue weighted by atomic mass is 10.1. The Kier molecular flexibility index (Phi) is 10.4. The van der Waals surface area contributed by atoms with Crippen LogP contribution in [-0.2, 0) is 29.9 Å². The number of ether oxygens (including phenoxy) is 4. The normalized spacial score (nSPS) is 11.0. The maximum Gasteiger partial charge on any atom is 0.416 e. The Morgan fingerprint density at radius 2 is 1.52 bits per heavy atom. The first-order valence-electron chi connectivity index (χ1n) is 9.96. The van der Waals surface area contributed by atoms with E-state index in [1.807, 2.05) is 0 Å². The van der Waals surface area contributed by atoms with Gasteiger partial charge in [0.2, 0.25) is 0 Å². The molecule has 178 valence electrons. The van der Waals surface area contributed by atoms with Crippen molar-refractivity contribution >= 4 is 23.3 Å². The summed E-state index contributed by atoms with van der Waals surface area (Å²) in [5.41, 5.74) is -0.125. The van der Waals surface area contributed by atoms with Crippen molar-refractivity contribution in [3.8, 4) is 0 Å². The van der Waals surface area contributed by atoms with Gasteiger partial charge in [0.15, 0.2) is 0 Å². The Balaban J connectivity index is 1.74. The van der Waals surface area contributed by atoms with Gasteiger partial charge in [-0.1, -0.05) is 24.8 Å². The third kappa shape index (κ3) is 9.34. The van der Waals surface area contributed by atoms with Crippen molar-refractivity contribution in [2.75, 3.05) is 45.0 Å². The number of carbonyl (C=O) groups excluding carboxylic acids is 2. The summed E-state index contributed by atoms with van der Waals surface area (Å²) in [6, 6.07) is 11.0. The summed E-state index contributed by atoms with van der Waals surface area (Å²) in [6.07, 6.45) is -3.41. The van der Waals surface area contributed by atoms with Crippen molar-refractivity contribution in [2.24, 2.45) is 0 Å². The number of hydrogen-bond acceptors (Lipinski definition) is 7. The Morgan fingerprint density at radius 1 is 0.879 bits per heavy atom. The van der Waals surface area contributed by atoms with Crippen LogP contribution in [0.4, 0.5) is 24.5 Å². The fraction of sp³-hybridized carbons (Fsp3) is 0.304. The summed E-state index contributed by atoms with van der Waals surface area (Å²) in [5, 5.41) is 2.83. The molecule has 2 aromatic carbocycles. The predicted octanol–water partition coefficient (Wildman–Crippen LogP) is 4.37. The Hall–Kier alpha value is -3.37. The van der Waals surface area contributed by atoms with Crippen molar-refractivity contribution in [2.45, 2.75) is 6.18 Å². The van der Waals surface area contributed by atoms with Crippen LogP contribution in [-0.4, -0.2) is 51.6 Å². The van der Waals surface area contributed by atoms with Gasteiger partial charge < -0.3 is 24.3 Å². The average molecular weight is 467 g/mol. The lowest BCUT2D eigenvalue weighted by Gasteiger charge is -2.13. The number of para-hydroxylation sites is 1. The molecule has 0 aliphatic carbocycles. The van der Waals surface area contributed by atoms with E-state index in [1.165, 1.54) is 18.2 Å². The number of anilines is 2. The molecule has 33 heavy (non-hydrogen) atoms. The van der Waals surface area contributed by atoms with E-state index in [4.69, 9.17) is 18.9 Å². The number of alkyl halides is 3. The van der Waals surface area contributed by atoms with E-state index in [0.29, 0.717) is 5.69 Å². The highest BCUT2D eigenvalue weighted by molar-refractivity contribution is 5.96. The summed E-state index contributed by atoms with van der Waals surface area (Å²) in [4.78, 5) is 23.2. The highest BCUT2D eigenvalue weighted by atomic mass is 19.4. The minimum absolute atomic E-state index is 0.0202. The number of nitrogens with one attached hydrogen (secondary N) is 1. The van der Waals surface area contributed by atoms with Crippen LogP contribution in [0.25, 0.3) is 0 Å². The molecule has 0 unspecified atom stereocenters. The van der Waals surface area contributed by atoms with E-state index < -0.39 is 23.7 Å². The lowest BCUT2D eigenvalue weighted by molar-refractivity contribution is -0.139. The topological polar surface area (TPSA) is 83.1 Å². The molecule has 10 heteroatoms. The lowest BCUT2D eigenvalue weighted by Crippen LogP contribution is -2.15. The van der Waals surface area contributed by atoms with Crippen LogP contribution in [0, 0.1) is 0 Å². The second-order valence-electron chi connectivity index (χ2n) is 6.48. The summed E-state index contributed by atoms with van der Waals surface area (Å²) in [5.74, 6) is -1.17. The standard InChI is InChI=1S/C23H24F3NO6/c1-2-21(28)32-14-12-30-10-11-31-13-15-33-22(29)19-8-3-4-9-20(19)27-18-7-5-6-17(16-18)23(24,25)26/h2-9,16,27H,1,10-15H2. The van der Waals surface area contributed by atoms with Gasteiger partial charge in [-0.2, -0.15) is 13.2 Å². The fourth-order valence-corrected chi connectivity index (χ4v) is 2.55. The molecule has 7 nitrogen and oxygen atoms in total. The predicted molar refractivity (Wildman–Crippen MR) is 114 cm³/mol. The molecule has 0 radical (unpaired) electrons. The van der Waals surface area contributed by atoms with Gasteiger partial charge in [-0.25, -0.2) is 9.59 Å². The monoisotopic (exact) mass is 467 g/mol. The summed E-state index contributed by atoms with van der Waals surface area (Å²) < 4.78 is 59.2. The second-order valence-corrected chi connectivity index (χ2v) is 6.48. The van der Waals surface area contributed by atoms with Crippen LogP contribution < -0.4 is 5.32 Å². The minimum atomic E-state index is -4.47. The van der Waals surface area contributed by atoms with Crippen LogP contribution in [0.5, 0.6) is 0 Å². The first-order chi connectivity index (χ1) is 15.8. The highest BCUT2D eigenvalue weighted by Gasteiger charge is 2.30. The summed E-state index contributed by atoms with van der Waals surface area (Å²) >= 11 is 0. The summed E-state index contributed by atoms with van der Waals surface area (Å²) in [7, 11) is 0. The maximum atomic E-state index is 12.9. The van der Waals surface area contributed by atoms with E-state index in [1.54, 1.807) is 18.2 Å². The van der Waals surface area contributed by atoms with E-state index in [2.05, 4.69) is 11.9 Å². The van der Waals surface area contributed by atoms with Gasteiger partial charge in [0.25, 0.3) is 0 Å². The smallest absolute Gasteiger partial charge is 0.416 e. The van der Waals surface area contributed by atoms with E-state index in [-0.39, 0.29) is 50.9 Å². The molecule has 0 bridgehead atoms. The van der Waals surface area contributed by atoms with Crippen LogP contribution in [0.1, 0.15) is 15.9 Å². The Morgan fingerprint density at radius 3 is 2.18 bits per heavy atom. The number of carbonyl (C=O) groups is 2. The van der Waals surface area contributed by atoms with E-state index >= 15 is 0 Å². The van der Waals surface area contributed by atoms with Gasteiger partial charge in [-0.05, 0) is 30.3 Å². The van der Waals surface area contributed by atoms with Gasteiger partial charge in [0.05, 0.1) is 43.2 Å². The third-order valence-electron chi connectivity index (χ3n) is 4.09. The molecule has 2 rings (SSSR count). The molecule has 0 aliphatic rings. The molecule has 0 aromatic heterocycles. The fourth-order valence-electron chi connectivity index (χ4n) is 2.55. The van der Waals surface area contributed by atoms with E-state index in [9.17, 15) is 22.8 Å². The first-order valence-corrected chi connectivity index (χ1v) is 9.96. The Bertz CT molecular complexity index is 932. The zero-order valence-electron chi connectivity index (χ0n) is 17.7. The van der Waals surface area contributed by atoms with Crippen LogP contribution >= 0.6 is 0 Å². The largest absolute Gasteiger partial charge is 0.460 e. The van der Waals surface area contributed by atoms with Crippen molar-refractivity contribution in [1.82, 2.24) is 0 Å². The zero-order valence-corrected chi connectivity index (χ0v) is 17.7. The molecule has 0 heterocycles. The third-order valence-corrected chi connectivity index (χ3v) is 4.09. The Labute approximate surface area is 189 Å². The van der Waals surface area contributed by atoms with Crippen LogP contribution in [0.3, 0.4) is 0 Å². The molecule has 0 amide bonds. The molecule has 0 saturated carbocycles. The zero-order chi connectivity index (χ0) is 24.1. The van der Waals surface area contributed by atoms with Crippen molar-refractivity contribution < 1.29 is 41.7 Å². The molecule has 0 aliphatic heterocycles. The van der Waals surface area contributed by atoms with Gasteiger partial charge >= 0.3 is 18.1 Å². The quantitative estimate of drug-likeness (QED) is 0.266. The van der Waals surface area contributed by atoms with Gasteiger partial charge in [0, 0.05) is 11.8 Å². The molecule has 0 spiro atoms. The minimum Gasteiger partial charge on any atom is -0.460 e. The molecule has 2 aromatic rings. The number of rotatable bonds is 13. The SMILES string of the molecule is C=CC(=O)OCCOCCOCCOC(=O)c1ccccc1Nc1cccc(C(F)(F)F)c1. The van der Waals surface area contributed by atoms with Crippen molar-refractivity contribution in [1.29, 1.82) is 0 Å². The van der Waals surface area contributed by atoms with Crippen molar-refractivity contribution in [3.05, 3.63) is 72.3 Å². The van der Waals surface area contributed by atoms with Crippen LogP contribution in [0.2, 0.25) is 0 Å². The summed E-state index contributed by atoms with van der Waals surface area (Å²) in [6.45, 7) is 4.22. The van der Waals surface area contributed by atoms with Gasteiger partial charge in [-0.15, -0.1) is 0 Å². The highest BCUT2D eigenvalue weighted by Crippen LogP contribution is 2.31. The number of halogens is 3.